The minimum Gasteiger partial charge on any atom is -0.481 e. The number of hydrogen-bond acceptors (Lipinski definition) is 4. The van der Waals surface area contributed by atoms with E-state index < -0.39 is 12.0 Å². The lowest BCUT2D eigenvalue weighted by Crippen LogP contribution is -2.39. The van der Waals surface area contributed by atoms with Crippen molar-refractivity contribution in [3.8, 4) is 0 Å². The van der Waals surface area contributed by atoms with E-state index in [1.54, 1.807) is 13.8 Å². The Labute approximate surface area is 118 Å². The minimum atomic E-state index is -0.882. The van der Waals surface area contributed by atoms with Gasteiger partial charge in [-0.2, -0.15) is 0 Å². The van der Waals surface area contributed by atoms with Crippen LogP contribution in [0.1, 0.15) is 52.9 Å². The Morgan fingerprint density at radius 1 is 1.05 bits per heavy atom. The van der Waals surface area contributed by atoms with E-state index in [0.29, 0.717) is 12.8 Å². The van der Waals surface area contributed by atoms with Crippen LogP contribution in [0, 0.1) is 5.92 Å². The molecule has 1 amide bonds. The molecule has 114 valence electrons. The van der Waals surface area contributed by atoms with Crippen molar-refractivity contribution in [2.45, 2.75) is 58.9 Å². The number of nitrogens with one attached hydrogen (secondary N) is 1. The number of carbonyl (C=O) groups is 4. The van der Waals surface area contributed by atoms with E-state index in [1.165, 1.54) is 6.92 Å². The van der Waals surface area contributed by atoms with Crippen molar-refractivity contribution >= 4 is 23.4 Å². The number of carboxylic acids is 1. The van der Waals surface area contributed by atoms with Gasteiger partial charge in [0.05, 0.1) is 6.04 Å². The van der Waals surface area contributed by atoms with Crippen LogP contribution in [0.3, 0.4) is 0 Å². The molecule has 6 nitrogen and oxygen atoms in total. The molecular weight excluding hydrogens is 262 g/mol. The first-order valence-electron chi connectivity index (χ1n) is 6.78. The van der Waals surface area contributed by atoms with Gasteiger partial charge in [-0.25, -0.2) is 0 Å². The molecule has 2 atom stereocenters. The van der Waals surface area contributed by atoms with E-state index >= 15 is 0 Å². The van der Waals surface area contributed by atoms with Gasteiger partial charge in [-0.3, -0.25) is 19.2 Å². The number of unbranched alkanes of at least 4 members (excludes halogenated alkanes) is 1. The van der Waals surface area contributed by atoms with Gasteiger partial charge in [0.25, 0.3) is 0 Å². The fraction of sp³-hybridized carbons (Fsp3) is 0.714. The summed E-state index contributed by atoms with van der Waals surface area (Å²) in [5.74, 6) is -1.71. The van der Waals surface area contributed by atoms with Gasteiger partial charge in [0.15, 0.2) is 5.78 Å². The second-order valence-electron chi connectivity index (χ2n) is 5.07. The van der Waals surface area contributed by atoms with E-state index in [1.807, 2.05) is 0 Å². The summed E-state index contributed by atoms with van der Waals surface area (Å²) in [4.78, 5) is 44.7. The third kappa shape index (κ3) is 8.39. The molecule has 0 rings (SSSR count). The van der Waals surface area contributed by atoms with Crippen LogP contribution in [-0.2, 0) is 19.2 Å². The van der Waals surface area contributed by atoms with Crippen molar-refractivity contribution in [3.63, 3.8) is 0 Å². The van der Waals surface area contributed by atoms with Gasteiger partial charge < -0.3 is 10.4 Å². The fourth-order valence-electron chi connectivity index (χ4n) is 1.58. The third-order valence-electron chi connectivity index (χ3n) is 3.11. The van der Waals surface area contributed by atoms with Crippen LogP contribution in [0.15, 0.2) is 0 Å². The number of hydrogen-bond donors (Lipinski definition) is 2. The zero-order chi connectivity index (χ0) is 15.7. The zero-order valence-electron chi connectivity index (χ0n) is 12.3. The highest BCUT2D eigenvalue weighted by Gasteiger charge is 2.19. The van der Waals surface area contributed by atoms with Gasteiger partial charge in [0, 0.05) is 25.2 Å². The number of ketones is 2. The molecule has 2 N–H and O–H groups in total. The highest BCUT2D eigenvalue weighted by Crippen LogP contribution is 2.06. The van der Waals surface area contributed by atoms with Crippen molar-refractivity contribution in [2.75, 3.05) is 0 Å². The van der Waals surface area contributed by atoms with E-state index in [2.05, 4.69) is 5.32 Å². The van der Waals surface area contributed by atoms with E-state index in [9.17, 15) is 19.2 Å². The average molecular weight is 285 g/mol. The molecule has 6 heteroatoms. The predicted octanol–water partition coefficient (Wildman–Crippen LogP) is 1.32. The molecule has 0 aliphatic rings. The van der Waals surface area contributed by atoms with Gasteiger partial charge in [0.2, 0.25) is 5.91 Å². The number of Topliss-reactive ketones (excluding diaryl/α,β-unsaturated/α-hetero) is 2. The highest BCUT2D eigenvalue weighted by atomic mass is 16.4. The molecule has 0 saturated heterocycles. The molecule has 0 bridgehead atoms. The standard InChI is InChI=1S/C14H23NO5/c1-9(11(3)16)8-12(17)10(2)15-13(18)6-4-5-7-14(19)20/h9-10H,4-8H2,1-3H3,(H,15,18)(H,19,20)/t9-,10+/m1/s1. The summed E-state index contributed by atoms with van der Waals surface area (Å²) in [6.45, 7) is 4.70. The summed E-state index contributed by atoms with van der Waals surface area (Å²) in [7, 11) is 0. The molecule has 0 radical (unpaired) electrons. The summed E-state index contributed by atoms with van der Waals surface area (Å²) in [5.41, 5.74) is 0. The molecule has 0 unspecified atom stereocenters. The molecule has 0 aromatic rings. The number of carbonyl (C=O) groups excluding carboxylic acids is 3. The third-order valence-corrected chi connectivity index (χ3v) is 3.11. The van der Waals surface area contributed by atoms with Crippen molar-refractivity contribution in [1.29, 1.82) is 0 Å². The summed E-state index contributed by atoms with van der Waals surface area (Å²) in [5, 5.41) is 11.0. The number of rotatable bonds is 10. The van der Waals surface area contributed by atoms with Crippen LogP contribution in [0.2, 0.25) is 0 Å². The fourth-order valence-corrected chi connectivity index (χ4v) is 1.58. The Kier molecular flexibility index (Phi) is 8.43. The average Bonchev–Trinajstić information content (AvgIpc) is 2.33. The molecule has 0 aromatic carbocycles. The zero-order valence-corrected chi connectivity index (χ0v) is 12.3. The Morgan fingerprint density at radius 2 is 1.60 bits per heavy atom. The first kappa shape index (κ1) is 18.3. The van der Waals surface area contributed by atoms with Gasteiger partial charge in [0.1, 0.15) is 5.78 Å². The SMILES string of the molecule is CC(=O)[C@H](C)CC(=O)[C@H](C)NC(=O)CCCCC(=O)O. The van der Waals surface area contributed by atoms with Crippen molar-refractivity contribution in [2.24, 2.45) is 5.92 Å². The van der Waals surface area contributed by atoms with Crippen LogP contribution in [0.25, 0.3) is 0 Å². The number of carboxylic acid groups (broad SMARTS) is 1. The highest BCUT2D eigenvalue weighted by molar-refractivity contribution is 5.91. The van der Waals surface area contributed by atoms with E-state index in [0.717, 1.165) is 0 Å². The normalized spacial score (nSPS) is 13.3. The summed E-state index contributed by atoms with van der Waals surface area (Å²) in [6, 6.07) is -0.622. The lowest BCUT2D eigenvalue weighted by Gasteiger charge is -2.14. The van der Waals surface area contributed by atoms with Gasteiger partial charge in [-0.15, -0.1) is 0 Å². The Hall–Kier alpha value is -1.72. The molecule has 0 saturated carbocycles. The van der Waals surface area contributed by atoms with Crippen molar-refractivity contribution in [3.05, 3.63) is 0 Å². The van der Waals surface area contributed by atoms with Gasteiger partial charge in [-0.05, 0) is 26.7 Å². The van der Waals surface area contributed by atoms with Crippen LogP contribution >= 0.6 is 0 Å². The Balaban J connectivity index is 3.97. The summed E-state index contributed by atoms with van der Waals surface area (Å²) in [6.07, 6.45) is 1.27. The molecule has 0 spiro atoms. The molecule has 0 heterocycles. The van der Waals surface area contributed by atoms with Crippen LogP contribution in [-0.4, -0.2) is 34.6 Å². The largest absolute Gasteiger partial charge is 0.481 e. The molecule has 0 aliphatic carbocycles. The Bertz CT molecular complexity index is 378. The summed E-state index contributed by atoms with van der Waals surface area (Å²) < 4.78 is 0. The van der Waals surface area contributed by atoms with Crippen molar-refractivity contribution < 1.29 is 24.3 Å². The van der Waals surface area contributed by atoms with Gasteiger partial charge >= 0.3 is 5.97 Å². The van der Waals surface area contributed by atoms with Crippen LogP contribution in [0.4, 0.5) is 0 Å². The maximum atomic E-state index is 11.8. The lowest BCUT2D eigenvalue weighted by molar-refractivity contribution is -0.137. The molecule has 20 heavy (non-hydrogen) atoms. The quantitative estimate of drug-likeness (QED) is 0.590. The summed E-state index contributed by atoms with van der Waals surface area (Å²) >= 11 is 0. The second kappa shape index (κ2) is 9.23. The molecule has 0 fully saturated rings. The minimum absolute atomic E-state index is 0.0396. The second-order valence-corrected chi connectivity index (χ2v) is 5.07. The lowest BCUT2D eigenvalue weighted by atomic mass is 9.98. The maximum Gasteiger partial charge on any atom is 0.303 e. The Morgan fingerprint density at radius 3 is 2.10 bits per heavy atom. The molecule has 0 aliphatic heterocycles. The maximum absolute atomic E-state index is 11.8. The van der Waals surface area contributed by atoms with Crippen LogP contribution < -0.4 is 5.32 Å². The van der Waals surface area contributed by atoms with Gasteiger partial charge in [-0.1, -0.05) is 6.92 Å². The first-order chi connectivity index (χ1) is 9.23. The topological polar surface area (TPSA) is 101 Å². The molecule has 0 aromatic heterocycles. The molecular formula is C14H23NO5. The van der Waals surface area contributed by atoms with E-state index in [-0.39, 0.29) is 42.7 Å². The number of amides is 1. The number of aliphatic carboxylic acids is 1. The first-order valence-corrected chi connectivity index (χ1v) is 6.78. The predicted molar refractivity (Wildman–Crippen MR) is 73.2 cm³/mol. The van der Waals surface area contributed by atoms with E-state index in [4.69, 9.17) is 5.11 Å². The van der Waals surface area contributed by atoms with Crippen LogP contribution in [0.5, 0.6) is 0 Å². The monoisotopic (exact) mass is 285 g/mol. The van der Waals surface area contributed by atoms with Crippen molar-refractivity contribution in [1.82, 2.24) is 5.32 Å². The smallest absolute Gasteiger partial charge is 0.303 e.